The maximum absolute atomic E-state index is 6.66. The third-order valence-corrected chi connectivity index (χ3v) is 21.0. The third kappa shape index (κ3) is 9.14. The van der Waals surface area contributed by atoms with Gasteiger partial charge in [-0.3, -0.25) is 0 Å². The second kappa shape index (κ2) is 8.28. The highest BCUT2D eigenvalue weighted by atomic mass is 35.7. The molecule has 0 heterocycles. The molecule has 0 N–H and O–H groups in total. The Balaban J connectivity index is 6.00. The van der Waals surface area contributed by atoms with Gasteiger partial charge in [0.25, 0.3) is 0 Å². The van der Waals surface area contributed by atoms with E-state index in [4.69, 9.17) is 34.5 Å². The summed E-state index contributed by atoms with van der Waals surface area (Å²) in [7, 11) is -10.5. The maximum Gasteiger partial charge on any atom is 0.472 e. The smallest absolute Gasteiger partial charge is 0.417 e. The first-order valence-electron chi connectivity index (χ1n) is 7.90. The van der Waals surface area contributed by atoms with Gasteiger partial charge < -0.3 is 12.3 Å². The monoisotopic (exact) mass is 436 g/mol. The van der Waals surface area contributed by atoms with Gasteiger partial charge in [-0.25, -0.2) is 0 Å². The van der Waals surface area contributed by atoms with Crippen LogP contribution in [0.1, 0.15) is 13.3 Å². The molecular formula is C12H34Cl2O3Si5. The lowest BCUT2D eigenvalue weighted by atomic mass is 10.6. The molecule has 0 aromatic carbocycles. The zero-order valence-corrected chi connectivity index (χ0v) is 22.5. The number of hydrogen-bond donors (Lipinski definition) is 0. The first-order chi connectivity index (χ1) is 9.51. The molecule has 0 bridgehead atoms. The Hall–Kier alpha value is 1.54. The lowest BCUT2D eigenvalue weighted by Crippen LogP contribution is -2.64. The molecule has 0 rings (SSSR count). The predicted octanol–water partition coefficient (Wildman–Crippen LogP) is 5.50. The molecule has 22 heavy (non-hydrogen) atoms. The molecule has 3 nitrogen and oxygen atoms in total. The van der Waals surface area contributed by atoms with Crippen molar-refractivity contribution >= 4 is 63.3 Å². The van der Waals surface area contributed by atoms with Crippen LogP contribution >= 0.6 is 22.2 Å². The van der Waals surface area contributed by atoms with Gasteiger partial charge >= 0.3 is 8.80 Å². The Morgan fingerprint density at radius 1 is 0.727 bits per heavy atom. The Bertz CT molecular complexity index is 309. The molecule has 0 spiro atoms. The molecule has 0 radical (unpaired) electrons. The summed E-state index contributed by atoms with van der Waals surface area (Å²) in [6.45, 7) is 21.8. The van der Waals surface area contributed by atoms with E-state index in [2.05, 4.69) is 65.8 Å². The Labute approximate surface area is 152 Å². The minimum atomic E-state index is -2.91. The summed E-state index contributed by atoms with van der Waals surface area (Å²) in [6, 6.07) is 0. The van der Waals surface area contributed by atoms with Crippen LogP contribution < -0.4 is 0 Å². The van der Waals surface area contributed by atoms with Crippen LogP contribution in [0.3, 0.4) is 0 Å². The van der Waals surface area contributed by atoms with Gasteiger partial charge in [-0.15, -0.1) is 0 Å². The van der Waals surface area contributed by atoms with Gasteiger partial charge in [-0.2, -0.15) is 22.2 Å². The van der Waals surface area contributed by atoms with E-state index >= 15 is 0 Å². The normalized spacial score (nSPS) is 16.2. The van der Waals surface area contributed by atoms with Gasteiger partial charge in [0.2, 0.25) is 7.42 Å². The SMILES string of the molecule is CCC([SiH](Cl)Cl)[Si](O[Si](C)(C)C)(O[Si](C)(C)C)O[Si](C)(C)C. The molecule has 0 aliphatic rings. The molecular weight excluding hydrogens is 403 g/mol. The number of halogens is 2. The van der Waals surface area contributed by atoms with E-state index in [1.807, 2.05) is 0 Å². The molecule has 0 saturated carbocycles. The van der Waals surface area contributed by atoms with Crippen LogP contribution in [0.4, 0.5) is 0 Å². The maximum atomic E-state index is 6.66. The van der Waals surface area contributed by atoms with Gasteiger partial charge in [0.15, 0.2) is 25.0 Å². The van der Waals surface area contributed by atoms with Crippen molar-refractivity contribution in [3.05, 3.63) is 0 Å². The summed E-state index contributed by atoms with van der Waals surface area (Å²) in [5, 5.41) is 0.0565. The van der Waals surface area contributed by atoms with Gasteiger partial charge in [-0.1, -0.05) is 6.92 Å². The molecule has 1 unspecified atom stereocenters. The molecule has 1 atom stereocenters. The van der Waals surface area contributed by atoms with E-state index in [1.165, 1.54) is 0 Å². The number of rotatable bonds is 9. The highest BCUT2D eigenvalue weighted by Crippen LogP contribution is 2.39. The molecule has 0 amide bonds. The zero-order valence-electron chi connectivity index (χ0n) is 15.8. The average molecular weight is 438 g/mol. The quantitative estimate of drug-likeness (QED) is 0.352. The molecule has 0 aromatic rings. The highest BCUT2D eigenvalue weighted by molar-refractivity contribution is 7.37. The second-order valence-corrected chi connectivity index (χ2v) is 31.3. The van der Waals surface area contributed by atoms with Crippen LogP contribution in [0.5, 0.6) is 0 Å². The Morgan fingerprint density at radius 3 is 1.14 bits per heavy atom. The van der Waals surface area contributed by atoms with Gasteiger partial charge in [0.1, 0.15) is 0 Å². The molecule has 0 aliphatic heterocycles. The minimum Gasteiger partial charge on any atom is -0.417 e. The molecule has 0 saturated heterocycles. The van der Waals surface area contributed by atoms with E-state index in [0.29, 0.717) is 0 Å². The van der Waals surface area contributed by atoms with Crippen molar-refractivity contribution in [2.75, 3.05) is 0 Å². The fourth-order valence-corrected chi connectivity index (χ4v) is 23.6. The fraction of sp³-hybridized carbons (Fsp3) is 1.00. The summed E-state index contributed by atoms with van der Waals surface area (Å²) >= 11 is 12.9. The average Bonchev–Trinajstić information content (AvgIpc) is 2.06. The van der Waals surface area contributed by atoms with Crippen molar-refractivity contribution in [2.45, 2.75) is 77.4 Å². The molecule has 134 valence electrons. The summed E-state index contributed by atoms with van der Waals surface area (Å²) in [4.78, 5) is 0. The van der Waals surface area contributed by atoms with E-state index in [0.717, 1.165) is 6.42 Å². The topological polar surface area (TPSA) is 27.7 Å². The van der Waals surface area contributed by atoms with Crippen LogP contribution in [0.25, 0.3) is 0 Å². The van der Waals surface area contributed by atoms with Crippen LogP contribution in [0.15, 0.2) is 0 Å². The second-order valence-electron chi connectivity index (χ2n) is 8.60. The van der Waals surface area contributed by atoms with E-state index in [1.54, 1.807) is 0 Å². The minimum absolute atomic E-state index is 0.0565. The summed E-state index contributed by atoms with van der Waals surface area (Å²) in [5.41, 5.74) is 0. The lowest BCUT2D eigenvalue weighted by molar-refractivity contribution is 0.245. The van der Waals surface area contributed by atoms with Gasteiger partial charge in [0, 0.05) is 5.16 Å². The molecule has 0 fully saturated rings. The van der Waals surface area contributed by atoms with E-state index in [9.17, 15) is 0 Å². The van der Waals surface area contributed by atoms with Crippen molar-refractivity contribution in [1.82, 2.24) is 0 Å². The lowest BCUT2D eigenvalue weighted by Gasteiger charge is -2.46. The Kier molecular flexibility index (Phi) is 8.86. The van der Waals surface area contributed by atoms with Gasteiger partial charge in [0.05, 0.1) is 0 Å². The Morgan fingerprint density at radius 2 is 1.00 bits per heavy atom. The first-order valence-corrected chi connectivity index (χ1v) is 24.1. The summed E-state index contributed by atoms with van der Waals surface area (Å²) in [5.74, 6) is 0. The van der Waals surface area contributed by atoms with Crippen molar-refractivity contribution in [3.8, 4) is 0 Å². The van der Waals surface area contributed by atoms with Crippen molar-refractivity contribution in [3.63, 3.8) is 0 Å². The van der Waals surface area contributed by atoms with Crippen molar-refractivity contribution in [2.24, 2.45) is 0 Å². The third-order valence-electron chi connectivity index (χ3n) is 2.54. The van der Waals surface area contributed by atoms with E-state index < -0.39 is 41.2 Å². The summed E-state index contributed by atoms with van der Waals surface area (Å²) in [6.07, 6.45) is 0.857. The van der Waals surface area contributed by atoms with Gasteiger partial charge in [-0.05, 0) is 65.3 Å². The van der Waals surface area contributed by atoms with Crippen LogP contribution in [-0.2, 0) is 12.3 Å². The molecule has 0 aliphatic carbocycles. The summed E-state index contributed by atoms with van der Waals surface area (Å²) < 4.78 is 20.0. The highest BCUT2D eigenvalue weighted by Gasteiger charge is 2.57. The van der Waals surface area contributed by atoms with Crippen LogP contribution in [0, 0.1) is 0 Å². The number of hydrogen-bond acceptors (Lipinski definition) is 3. The standard InChI is InChI=1S/C12H34Cl2O3Si5/c1-11-12(18(13)14)22(15-19(2,3)4,16-20(5,6)7)17-21(8,9)10/h12,18H,11H2,1-10H3. The zero-order chi connectivity index (χ0) is 18.0. The molecule has 0 aromatic heterocycles. The van der Waals surface area contributed by atoms with Crippen molar-refractivity contribution in [1.29, 1.82) is 0 Å². The van der Waals surface area contributed by atoms with Crippen LogP contribution in [0.2, 0.25) is 64.1 Å². The fourth-order valence-electron chi connectivity index (χ4n) is 2.15. The van der Waals surface area contributed by atoms with Crippen molar-refractivity contribution < 1.29 is 12.3 Å². The largest absolute Gasteiger partial charge is 0.472 e. The van der Waals surface area contributed by atoms with E-state index in [-0.39, 0.29) is 5.16 Å². The van der Waals surface area contributed by atoms with Crippen LogP contribution in [-0.4, -0.2) is 41.2 Å². The molecule has 10 heteroatoms. The predicted molar refractivity (Wildman–Crippen MR) is 112 cm³/mol. The first kappa shape index (κ1) is 23.5.